The molecule has 0 spiro atoms. The molecule has 2 heterocycles. The molecule has 1 aromatic rings. The first kappa shape index (κ1) is 19.2. The summed E-state index contributed by atoms with van der Waals surface area (Å²) in [6, 6.07) is 0. The van der Waals surface area contributed by atoms with Crippen LogP contribution in [-0.2, 0) is 17.8 Å². The number of hydrogen-bond donors (Lipinski definition) is 3. The second-order valence-electron chi connectivity index (χ2n) is 6.78. The van der Waals surface area contributed by atoms with Gasteiger partial charge in [-0.3, -0.25) is 9.69 Å². The van der Waals surface area contributed by atoms with E-state index in [0.717, 1.165) is 37.2 Å². The van der Waals surface area contributed by atoms with Crippen molar-refractivity contribution < 1.29 is 15.0 Å². The zero-order valence-electron chi connectivity index (χ0n) is 14.5. The van der Waals surface area contributed by atoms with Crippen LogP contribution in [0.15, 0.2) is 0 Å². The Hall–Kier alpha value is -1.11. The number of imidazole rings is 1. The summed E-state index contributed by atoms with van der Waals surface area (Å²) < 4.78 is 0. The van der Waals surface area contributed by atoms with Crippen molar-refractivity contribution in [3.05, 3.63) is 16.7 Å². The van der Waals surface area contributed by atoms with Crippen LogP contribution in [-0.4, -0.2) is 50.2 Å². The van der Waals surface area contributed by atoms with Crippen LogP contribution in [0, 0.1) is 5.41 Å². The van der Waals surface area contributed by atoms with E-state index in [-0.39, 0.29) is 0 Å². The maximum Gasteiger partial charge on any atom is 0.313 e. The fraction of sp³-hybridized carbons (Fsp3) is 0.765. The third kappa shape index (κ3) is 4.10. The van der Waals surface area contributed by atoms with Crippen LogP contribution in [0.25, 0.3) is 0 Å². The van der Waals surface area contributed by atoms with Crippen molar-refractivity contribution in [3.8, 4) is 0 Å². The number of carbonyl (C=O) groups is 1. The van der Waals surface area contributed by atoms with Crippen molar-refractivity contribution in [1.29, 1.82) is 0 Å². The lowest BCUT2D eigenvalue weighted by Gasteiger charge is -2.43. The number of aromatic nitrogens is 2. The molecular weight excluding hydrogens is 330 g/mol. The van der Waals surface area contributed by atoms with Gasteiger partial charge in [0.25, 0.3) is 0 Å². The first-order valence-corrected chi connectivity index (χ1v) is 9.17. The van der Waals surface area contributed by atoms with E-state index in [9.17, 15) is 15.0 Å². The van der Waals surface area contributed by atoms with Crippen LogP contribution in [0.4, 0.5) is 0 Å². The summed E-state index contributed by atoms with van der Waals surface area (Å²) in [7, 11) is 0. The van der Waals surface area contributed by atoms with Gasteiger partial charge in [0.15, 0.2) is 5.15 Å². The summed E-state index contributed by atoms with van der Waals surface area (Å²) >= 11 is 6.23. The molecule has 2 rings (SSSR count). The predicted octanol–water partition coefficient (Wildman–Crippen LogP) is 2.84. The Morgan fingerprint density at radius 3 is 2.83 bits per heavy atom. The first-order chi connectivity index (χ1) is 11.4. The maximum absolute atomic E-state index is 11.8. The molecule has 0 radical (unpaired) electrons. The molecule has 1 fully saturated rings. The fourth-order valence-electron chi connectivity index (χ4n) is 3.54. The van der Waals surface area contributed by atoms with E-state index in [4.69, 9.17) is 11.6 Å². The van der Waals surface area contributed by atoms with Gasteiger partial charge in [0, 0.05) is 26.1 Å². The number of carboxylic acids is 1. The average molecular weight is 358 g/mol. The van der Waals surface area contributed by atoms with Crippen LogP contribution in [0.3, 0.4) is 0 Å². The van der Waals surface area contributed by atoms with Crippen LogP contribution in [0.1, 0.15) is 57.5 Å². The first-order valence-electron chi connectivity index (χ1n) is 8.80. The SMILES string of the molecule is CCCCc1nc(Cl)c(CN2CC[C@@H](O)[C@](CCC)(C(=O)O)C2)[nH]1. The van der Waals surface area contributed by atoms with E-state index in [1.165, 1.54) is 0 Å². The van der Waals surface area contributed by atoms with Gasteiger partial charge in [0.1, 0.15) is 11.2 Å². The van der Waals surface area contributed by atoms with Crippen LogP contribution < -0.4 is 0 Å². The van der Waals surface area contributed by atoms with Crippen LogP contribution in [0.5, 0.6) is 0 Å². The lowest BCUT2D eigenvalue weighted by atomic mass is 9.74. The molecule has 2 atom stereocenters. The molecule has 0 unspecified atom stereocenters. The van der Waals surface area contributed by atoms with E-state index in [2.05, 4.69) is 21.8 Å². The number of carboxylic acid groups (broad SMARTS) is 1. The topological polar surface area (TPSA) is 89.4 Å². The van der Waals surface area contributed by atoms with Gasteiger partial charge in [-0.2, -0.15) is 0 Å². The minimum atomic E-state index is -1.09. The smallest absolute Gasteiger partial charge is 0.313 e. The summed E-state index contributed by atoms with van der Waals surface area (Å²) in [4.78, 5) is 21.5. The van der Waals surface area contributed by atoms with Gasteiger partial charge in [-0.25, -0.2) is 4.98 Å². The lowest BCUT2D eigenvalue weighted by molar-refractivity contribution is -0.164. The van der Waals surface area contributed by atoms with Gasteiger partial charge >= 0.3 is 5.97 Å². The summed E-state index contributed by atoms with van der Waals surface area (Å²) in [5.41, 5.74) is -0.264. The molecule has 1 aliphatic rings. The molecule has 7 heteroatoms. The van der Waals surface area contributed by atoms with Crippen molar-refractivity contribution in [2.75, 3.05) is 13.1 Å². The second kappa shape index (κ2) is 8.32. The third-order valence-corrected chi connectivity index (χ3v) is 5.22. The normalized spacial score (nSPS) is 25.1. The molecule has 1 aliphatic heterocycles. The fourth-order valence-corrected chi connectivity index (χ4v) is 3.75. The summed E-state index contributed by atoms with van der Waals surface area (Å²) in [6.07, 6.45) is 3.86. The zero-order valence-corrected chi connectivity index (χ0v) is 15.3. The Balaban J connectivity index is 2.10. The standard InChI is InChI=1S/C17H28ClN3O3/c1-3-5-6-14-19-12(15(18)20-14)10-21-9-7-13(22)17(11-21,8-4-2)16(23)24/h13,22H,3-11H2,1-2H3,(H,19,20)(H,23,24)/t13-,17-/m1/s1. The van der Waals surface area contributed by atoms with Gasteiger partial charge in [0.2, 0.25) is 0 Å². The van der Waals surface area contributed by atoms with Crippen molar-refractivity contribution in [3.63, 3.8) is 0 Å². The Morgan fingerprint density at radius 1 is 1.46 bits per heavy atom. The number of aryl methyl sites for hydroxylation is 1. The number of aliphatic hydroxyl groups is 1. The number of halogens is 1. The lowest BCUT2D eigenvalue weighted by Crippen LogP contribution is -2.55. The number of nitrogens with one attached hydrogen (secondary N) is 1. The Morgan fingerprint density at radius 2 is 2.21 bits per heavy atom. The Bertz CT molecular complexity index is 563. The molecule has 1 aromatic heterocycles. The maximum atomic E-state index is 11.8. The number of aliphatic hydroxyl groups excluding tert-OH is 1. The highest BCUT2D eigenvalue weighted by Crippen LogP contribution is 2.36. The molecule has 24 heavy (non-hydrogen) atoms. The Kier molecular flexibility index (Phi) is 6.66. The van der Waals surface area contributed by atoms with Crippen LogP contribution in [0.2, 0.25) is 5.15 Å². The molecule has 0 amide bonds. The van der Waals surface area contributed by atoms with E-state index in [1.807, 2.05) is 6.92 Å². The van der Waals surface area contributed by atoms with E-state index in [0.29, 0.717) is 37.6 Å². The number of rotatable bonds is 8. The highest BCUT2D eigenvalue weighted by atomic mass is 35.5. The number of nitrogens with zero attached hydrogens (tertiary/aromatic N) is 2. The number of aromatic amines is 1. The monoisotopic (exact) mass is 357 g/mol. The molecule has 0 bridgehead atoms. The van der Waals surface area contributed by atoms with Gasteiger partial charge < -0.3 is 15.2 Å². The largest absolute Gasteiger partial charge is 0.481 e. The van der Waals surface area contributed by atoms with Gasteiger partial charge in [-0.1, -0.05) is 38.3 Å². The van der Waals surface area contributed by atoms with Gasteiger partial charge in [-0.15, -0.1) is 0 Å². The molecule has 0 aromatic carbocycles. The quantitative estimate of drug-likeness (QED) is 0.665. The number of H-pyrrole nitrogens is 1. The zero-order chi connectivity index (χ0) is 17.7. The highest BCUT2D eigenvalue weighted by Gasteiger charge is 2.48. The molecular formula is C17H28ClN3O3. The number of aliphatic carboxylic acids is 1. The van der Waals surface area contributed by atoms with E-state index in [1.54, 1.807) is 0 Å². The third-order valence-electron chi connectivity index (χ3n) is 4.91. The summed E-state index contributed by atoms with van der Waals surface area (Å²) in [6.45, 7) is 5.59. The van der Waals surface area contributed by atoms with Crippen LogP contribution >= 0.6 is 11.6 Å². The van der Waals surface area contributed by atoms with Gasteiger partial charge in [0.05, 0.1) is 11.8 Å². The molecule has 0 aliphatic carbocycles. The van der Waals surface area contributed by atoms with Crippen molar-refractivity contribution in [2.24, 2.45) is 5.41 Å². The van der Waals surface area contributed by atoms with E-state index >= 15 is 0 Å². The Labute approximate surface area is 148 Å². The van der Waals surface area contributed by atoms with Crippen molar-refractivity contribution >= 4 is 17.6 Å². The summed E-state index contributed by atoms with van der Waals surface area (Å²) in [5, 5.41) is 20.5. The number of piperidine rings is 1. The predicted molar refractivity (Wildman–Crippen MR) is 93.1 cm³/mol. The van der Waals surface area contributed by atoms with E-state index < -0.39 is 17.5 Å². The highest BCUT2D eigenvalue weighted by molar-refractivity contribution is 6.30. The molecule has 1 saturated heterocycles. The summed E-state index contributed by atoms with van der Waals surface area (Å²) in [5.74, 6) is -0.0344. The van der Waals surface area contributed by atoms with Crippen molar-refractivity contribution in [2.45, 2.75) is 65.0 Å². The van der Waals surface area contributed by atoms with Crippen molar-refractivity contribution in [1.82, 2.24) is 14.9 Å². The molecule has 136 valence electrons. The number of hydrogen-bond acceptors (Lipinski definition) is 4. The molecule has 6 nitrogen and oxygen atoms in total. The average Bonchev–Trinajstić information content (AvgIpc) is 2.88. The molecule has 0 saturated carbocycles. The van der Waals surface area contributed by atoms with Gasteiger partial charge in [-0.05, 0) is 19.3 Å². The number of likely N-dealkylation sites (tertiary alicyclic amines) is 1. The number of unbranched alkanes of at least 4 members (excludes halogenated alkanes) is 1. The minimum Gasteiger partial charge on any atom is -0.481 e. The minimum absolute atomic E-state index is 0.330. The molecule has 3 N–H and O–H groups in total. The second-order valence-corrected chi connectivity index (χ2v) is 7.14.